The Morgan fingerprint density at radius 3 is 2.91 bits per heavy atom. The maximum atomic E-state index is 5.48. The van der Waals surface area contributed by atoms with Crippen molar-refractivity contribution >= 4 is 0 Å². The highest BCUT2D eigenvalue weighted by Crippen LogP contribution is 2.09. The second kappa shape index (κ2) is 3.98. The third-order valence-electron chi connectivity index (χ3n) is 1.63. The fourth-order valence-electron chi connectivity index (χ4n) is 0.954. The highest BCUT2D eigenvalue weighted by Gasteiger charge is 1.95. The van der Waals surface area contributed by atoms with E-state index in [-0.39, 0.29) is 0 Å². The van der Waals surface area contributed by atoms with Crippen molar-refractivity contribution in [2.75, 3.05) is 13.7 Å². The van der Waals surface area contributed by atoms with Crippen molar-refractivity contribution < 1.29 is 4.74 Å². The first-order valence-corrected chi connectivity index (χ1v) is 3.68. The number of hydrogen-bond donors (Lipinski definition) is 1. The lowest BCUT2D eigenvalue weighted by molar-refractivity contribution is 0.306. The van der Waals surface area contributed by atoms with E-state index in [9.17, 15) is 0 Å². The smallest absolute Gasteiger partial charge is 0.115 e. The predicted molar refractivity (Wildman–Crippen MR) is 46.0 cm³/mol. The number of ether oxygens (including phenoxy) is 1. The zero-order valence-electron chi connectivity index (χ0n) is 6.71. The lowest BCUT2D eigenvalue weighted by Gasteiger charge is -1.96. The molecule has 0 aromatic carbocycles. The molecule has 1 aliphatic rings. The largest absolute Gasteiger partial charge is 0.497 e. The first-order chi connectivity index (χ1) is 5.36. The summed E-state index contributed by atoms with van der Waals surface area (Å²) < 4.78 is 5.06. The van der Waals surface area contributed by atoms with E-state index in [2.05, 4.69) is 6.08 Å². The Labute approximate surface area is 67.0 Å². The monoisotopic (exact) mass is 151 g/mol. The van der Waals surface area contributed by atoms with Crippen molar-refractivity contribution in [1.82, 2.24) is 0 Å². The summed E-state index contributed by atoms with van der Waals surface area (Å²) in [5.74, 6) is 0.907. The minimum atomic E-state index is 0.599. The lowest BCUT2D eigenvalue weighted by atomic mass is 10.2. The van der Waals surface area contributed by atoms with Crippen LogP contribution in [0, 0.1) is 0 Å². The summed E-state index contributed by atoms with van der Waals surface area (Å²) in [6.45, 7) is 0.599. The number of hydrogen-bond acceptors (Lipinski definition) is 2. The summed E-state index contributed by atoms with van der Waals surface area (Å²) >= 11 is 0. The summed E-state index contributed by atoms with van der Waals surface area (Å²) in [4.78, 5) is 0. The van der Waals surface area contributed by atoms with E-state index < -0.39 is 0 Å². The van der Waals surface area contributed by atoms with Crippen molar-refractivity contribution in [3.05, 3.63) is 35.6 Å². The van der Waals surface area contributed by atoms with E-state index >= 15 is 0 Å². The summed E-state index contributed by atoms with van der Waals surface area (Å²) in [7, 11) is 1.67. The molecule has 0 bridgehead atoms. The average molecular weight is 151 g/mol. The molecular formula is C9H13NO. The zero-order valence-corrected chi connectivity index (χ0v) is 6.71. The molecule has 2 nitrogen and oxygen atoms in total. The fourth-order valence-corrected chi connectivity index (χ4v) is 0.954. The molecule has 0 aromatic rings. The molecule has 60 valence electrons. The van der Waals surface area contributed by atoms with Gasteiger partial charge in [-0.05, 0) is 24.1 Å². The van der Waals surface area contributed by atoms with Crippen molar-refractivity contribution in [2.45, 2.75) is 6.42 Å². The predicted octanol–water partition coefficient (Wildman–Crippen LogP) is 1.36. The van der Waals surface area contributed by atoms with Crippen LogP contribution >= 0.6 is 0 Å². The summed E-state index contributed by atoms with van der Waals surface area (Å²) in [5, 5.41) is 0. The molecule has 0 saturated heterocycles. The van der Waals surface area contributed by atoms with Gasteiger partial charge >= 0.3 is 0 Å². The first-order valence-electron chi connectivity index (χ1n) is 3.68. The van der Waals surface area contributed by atoms with Crippen LogP contribution in [-0.4, -0.2) is 13.7 Å². The van der Waals surface area contributed by atoms with Gasteiger partial charge in [-0.3, -0.25) is 0 Å². The van der Waals surface area contributed by atoms with E-state index in [1.807, 2.05) is 18.2 Å². The van der Waals surface area contributed by atoms with Gasteiger partial charge in [0.25, 0.3) is 0 Å². The van der Waals surface area contributed by atoms with Gasteiger partial charge in [0.1, 0.15) is 5.76 Å². The average Bonchev–Trinajstić information content (AvgIpc) is 2.28. The lowest BCUT2D eigenvalue weighted by Crippen LogP contribution is -2.00. The van der Waals surface area contributed by atoms with Crippen LogP contribution in [0.15, 0.2) is 35.6 Å². The van der Waals surface area contributed by atoms with Crippen LogP contribution < -0.4 is 5.73 Å². The summed E-state index contributed by atoms with van der Waals surface area (Å²) in [6.07, 6.45) is 8.96. The standard InChI is InChI=1S/C9H13NO/c1-11-9-4-2-3-8(7-10)5-6-9/h3-6H,2,7,10H2,1H3. The Bertz CT molecular complexity index is 192. The molecule has 2 heteroatoms. The second-order valence-electron chi connectivity index (χ2n) is 2.36. The summed E-state index contributed by atoms with van der Waals surface area (Å²) in [6, 6.07) is 0. The first kappa shape index (κ1) is 8.08. The van der Waals surface area contributed by atoms with Crippen LogP contribution in [0.5, 0.6) is 0 Å². The minimum absolute atomic E-state index is 0.599. The van der Waals surface area contributed by atoms with Crippen LogP contribution in [-0.2, 0) is 4.74 Å². The molecule has 1 aliphatic carbocycles. The van der Waals surface area contributed by atoms with Crippen LogP contribution in [0.3, 0.4) is 0 Å². The van der Waals surface area contributed by atoms with Gasteiger partial charge in [0.05, 0.1) is 7.11 Å². The fraction of sp³-hybridized carbons (Fsp3) is 0.333. The maximum Gasteiger partial charge on any atom is 0.115 e. The Morgan fingerprint density at radius 1 is 1.45 bits per heavy atom. The van der Waals surface area contributed by atoms with Gasteiger partial charge in [0.2, 0.25) is 0 Å². The third kappa shape index (κ3) is 2.24. The molecule has 0 unspecified atom stereocenters. The van der Waals surface area contributed by atoms with Gasteiger partial charge in [-0.2, -0.15) is 0 Å². The van der Waals surface area contributed by atoms with Crippen molar-refractivity contribution in [3.8, 4) is 0 Å². The van der Waals surface area contributed by atoms with Gasteiger partial charge in [0.15, 0.2) is 0 Å². The van der Waals surface area contributed by atoms with E-state index in [1.54, 1.807) is 7.11 Å². The van der Waals surface area contributed by atoms with Crippen LogP contribution in [0.2, 0.25) is 0 Å². The minimum Gasteiger partial charge on any atom is -0.497 e. The van der Waals surface area contributed by atoms with E-state index in [1.165, 1.54) is 0 Å². The van der Waals surface area contributed by atoms with Crippen LogP contribution in [0.1, 0.15) is 6.42 Å². The molecule has 0 aromatic heterocycles. The second-order valence-corrected chi connectivity index (χ2v) is 2.36. The molecule has 1 rings (SSSR count). The van der Waals surface area contributed by atoms with Crippen molar-refractivity contribution in [3.63, 3.8) is 0 Å². The number of methoxy groups -OCH3 is 1. The number of rotatable bonds is 2. The van der Waals surface area contributed by atoms with Crippen LogP contribution in [0.4, 0.5) is 0 Å². The van der Waals surface area contributed by atoms with E-state index in [4.69, 9.17) is 10.5 Å². The quantitative estimate of drug-likeness (QED) is 0.646. The van der Waals surface area contributed by atoms with Gasteiger partial charge < -0.3 is 10.5 Å². The Kier molecular flexibility index (Phi) is 2.93. The van der Waals surface area contributed by atoms with E-state index in [0.29, 0.717) is 6.54 Å². The maximum absolute atomic E-state index is 5.48. The Balaban J connectivity index is 2.66. The van der Waals surface area contributed by atoms with Crippen molar-refractivity contribution in [2.24, 2.45) is 5.73 Å². The molecule has 0 radical (unpaired) electrons. The number of nitrogens with two attached hydrogens (primary N) is 1. The molecule has 0 spiro atoms. The molecule has 2 N–H and O–H groups in total. The van der Waals surface area contributed by atoms with Gasteiger partial charge in [-0.25, -0.2) is 0 Å². The SMILES string of the molecule is COC1=CCC=C(CN)C=C1. The molecule has 0 atom stereocenters. The molecular weight excluding hydrogens is 138 g/mol. The van der Waals surface area contributed by atoms with Crippen LogP contribution in [0.25, 0.3) is 0 Å². The van der Waals surface area contributed by atoms with Gasteiger partial charge in [-0.15, -0.1) is 0 Å². The molecule has 0 aliphatic heterocycles. The highest BCUT2D eigenvalue weighted by molar-refractivity contribution is 5.30. The normalized spacial score (nSPS) is 16.9. The highest BCUT2D eigenvalue weighted by atomic mass is 16.5. The Hall–Kier alpha value is -1.02. The molecule has 0 saturated carbocycles. The van der Waals surface area contributed by atoms with Crippen molar-refractivity contribution in [1.29, 1.82) is 0 Å². The van der Waals surface area contributed by atoms with E-state index in [0.717, 1.165) is 17.8 Å². The third-order valence-corrected chi connectivity index (χ3v) is 1.63. The zero-order chi connectivity index (χ0) is 8.10. The summed E-state index contributed by atoms with van der Waals surface area (Å²) in [5.41, 5.74) is 6.64. The van der Waals surface area contributed by atoms with Gasteiger partial charge in [0, 0.05) is 6.54 Å². The Morgan fingerprint density at radius 2 is 2.27 bits per heavy atom. The topological polar surface area (TPSA) is 35.2 Å². The molecule has 11 heavy (non-hydrogen) atoms. The molecule has 0 heterocycles. The molecule has 0 amide bonds. The van der Waals surface area contributed by atoms with Gasteiger partial charge in [-0.1, -0.05) is 12.2 Å². The molecule has 0 fully saturated rings. The number of allylic oxidation sites excluding steroid dienone is 3.